The van der Waals surface area contributed by atoms with Crippen LogP contribution in [0.15, 0.2) is 24.3 Å². The Bertz CT molecular complexity index is 402. The van der Waals surface area contributed by atoms with Crippen molar-refractivity contribution in [2.75, 3.05) is 33.5 Å². The van der Waals surface area contributed by atoms with Crippen molar-refractivity contribution in [2.24, 2.45) is 0 Å². The molecule has 0 fully saturated rings. The van der Waals surface area contributed by atoms with Crippen LogP contribution in [-0.2, 0) is 25.6 Å². The standard InChI is InChI=1S/C16H24O5/c1-13(16(17)18)15-6-4-14(5-7-15)12-21-11-10-20-9-3-8-19-2/h4-7,13H,3,8-12H2,1-2H3,(H,17,18). The van der Waals surface area contributed by atoms with Crippen LogP contribution in [0.5, 0.6) is 0 Å². The second-order valence-electron chi connectivity index (χ2n) is 4.81. The molecular weight excluding hydrogens is 272 g/mol. The maximum Gasteiger partial charge on any atom is 0.310 e. The summed E-state index contributed by atoms with van der Waals surface area (Å²) in [6.45, 7) is 4.68. The van der Waals surface area contributed by atoms with E-state index in [2.05, 4.69) is 0 Å². The van der Waals surface area contributed by atoms with Gasteiger partial charge in [-0.2, -0.15) is 0 Å². The van der Waals surface area contributed by atoms with Crippen LogP contribution in [0.2, 0.25) is 0 Å². The van der Waals surface area contributed by atoms with E-state index in [4.69, 9.17) is 19.3 Å². The van der Waals surface area contributed by atoms with Crippen molar-refractivity contribution < 1.29 is 24.1 Å². The van der Waals surface area contributed by atoms with Gasteiger partial charge in [-0.15, -0.1) is 0 Å². The Kier molecular flexibility index (Phi) is 8.66. The number of rotatable bonds is 11. The maximum absolute atomic E-state index is 10.9. The molecule has 1 atom stereocenters. The highest BCUT2D eigenvalue weighted by Crippen LogP contribution is 2.16. The summed E-state index contributed by atoms with van der Waals surface area (Å²) in [5.74, 6) is -1.30. The first-order chi connectivity index (χ1) is 10.1. The molecule has 0 saturated heterocycles. The maximum atomic E-state index is 10.9. The van der Waals surface area contributed by atoms with Crippen LogP contribution in [0.4, 0.5) is 0 Å². The first-order valence-electron chi connectivity index (χ1n) is 7.11. The van der Waals surface area contributed by atoms with Crippen LogP contribution in [0.1, 0.15) is 30.4 Å². The third-order valence-corrected chi connectivity index (χ3v) is 3.13. The second kappa shape index (κ2) is 10.3. The summed E-state index contributed by atoms with van der Waals surface area (Å²) in [7, 11) is 1.67. The SMILES string of the molecule is COCCCOCCOCc1ccc(C(C)C(=O)O)cc1. The number of carbonyl (C=O) groups is 1. The van der Waals surface area contributed by atoms with Gasteiger partial charge in [0.05, 0.1) is 25.7 Å². The zero-order valence-corrected chi connectivity index (χ0v) is 12.7. The molecule has 0 aliphatic carbocycles. The minimum atomic E-state index is -0.815. The monoisotopic (exact) mass is 296 g/mol. The van der Waals surface area contributed by atoms with Gasteiger partial charge in [-0.1, -0.05) is 24.3 Å². The van der Waals surface area contributed by atoms with Crippen LogP contribution in [0, 0.1) is 0 Å². The zero-order valence-electron chi connectivity index (χ0n) is 12.7. The summed E-state index contributed by atoms with van der Waals surface area (Å²) in [6, 6.07) is 7.46. The van der Waals surface area contributed by atoms with Crippen molar-refractivity contribution in [2.45, 2.75) is 25.9 Å². The van der Waals surface area contributed by atoms with Gasteiger partial charge in [0.2, 0.25) is 0 Å². The molecule has 1 unspecified atom stereocenters. The summed E-state index contributed by atoms with van der Waals surface area (Å²) in [5, 5.41) is 8.94. The van der Waals surface area contributed by atoms with Gasteiger partial charge in [0.15, 0.2) is 0 Å². The fraction of sp³-hybridized carbons (Fsp3) is 0.562. The summed E-state index contributed by atoms with van der Waals surface area (Å²) >= 11 is 0. The van der Waals surface area contributed by atoms with Gasteiger partial charge >= 0.3 is 5.97 Å². The molecule has 0 aliphatic heterocycles. The van der Waals surface area contributed by atoms with E-state index < -0.39 is 11.9 Å². The van der Waals surface area contributed by atoms with E-state index in [1.54, 1.807) is 14.0 Å². The average Bonchev–Trinajstić information content (AvgIpc) is 2.49. The van der Waals surface area contributed by atoms with Crippen molar-refractivity contribution in [1.82, 2.24) is 0 Å². The van der Waals surface area contributed by atoms with Crippen LogP contribution in [0.3, 0.4) is 0 Å². The van der Waals surface area contributed by atoms with Crippen LogP contribution >= 0.6 is 0 Å². The fourth-order valence-corrected chi connectivity index (χ4v) is 1.76. The Morgan fingerprint density at radius 1 is 1.10 bits per heavy atom. The molecule has 0 heterocycles. The molecule has 0 radical (unpaired) electrons. The lowest BCUT2D eigenvalue weighted by atomic mass is 10.0. The van der Waals surface area contributed by atoms with E-state index in [0.29, 0.717) is 33.0 Å². The van der Waals surface area contributed by atoms with Gasteiger partial charge in [-0.25, -0.2) is 0 Å². The number of hydrogen-bond donors (Lipinski definition) is 1. The topological polar surface area (TPSA) is 65.0 Å². The lowest BCUT2D eigenvalue weighted by Crippen LogP contribution is -2.08. The number of benzene rings is 1. The summed E-state index contributed by atoms with van der Waals surface area (Å²) in [5.41, 5.74) is 1.82. The number of ether oxygens (including phenoxy) is 3. The van der Waals surface area contributed by atoms with Crippen LogP contribution in [0.25, 0.3) is 0 Å². The molecule has 0 aliphatic rings. The van der Waals surface area contributed by atoms with E-state index in [1.807, 2.05) is 24.3 Å². The molecule has 1 aromatic carbocycles. The minimum Gasteiger partial charge on any atom is -0.481 e. The molecule has 1 rings (SSSR count). The third-order valence-electron chi connectivity index (χ3n) is 3.13. The quantitative estimate of drug-likeness (QED) is 0.635. The van der Waals surface area contributed by atoms with Gasteiger partial charge in [-0.05, 0) is 24.5 Å². The average molecular weight is 296 g/mol. The fourth-order valence-electron chi connectivity index (χ4n) is 1.76. The summed E-state index contributed by atoms with van der Waals surface area (Å²) < 4.78 is 15.8. The Morgan fingerprint density at radius 2 is 1.76 bits per heavy atom. The molecule has 0 bridgehead atoms. The number of aliphatic carboxylic acids is 1. The van der Waals surface area contributed by atoms with Gasteiger partial charge in [0, 0.05) is 20.3 Å². The van der Waals surface area contributed by atoms with Crippen molar-refractivity contribution in [3.05, 3.63) is 35.4 Å². The molecule has 0 saturated carbocycles. The molecule has 5 heteroatoms. The largest absolute Gasteiger partial charge is 0.481 e. The lowest BCUT2D eigenvalue weighted by molar-refractivity contribution is -0.138. The predicted octanol–water partition coefficient (Wildman–Crippen LogP) is 2.44. The van der Waals surface area contributed by atoms with Crippen molar-refractivity contribution in [3.63, 3.8) is 0 Å². The van der Waals surface area contributed by atoms with E-state index in [9.17, 15) is 4.79 Å². The summed E-state index contributed by atoms with van der Waals surface area (Å²) in [6.07, 6.45) is 0.889. The highest BCUT2D eigenvalue weighted by Gasteiger charge is 2.12. The molecular formula is C16H24O5. The highest BCUT2D eigenvalue weighted by atomic mass is 16.5. The highest BCUT2D eigenvalue weighted by molar-refractivity contribution is 5.75. The second-order valence-corrected chi connectivity index (χ2v) is 4.81. The van der Waals surface area contributed by atoms with Crippen LogP contribution < -0.4 is 0 Å². The van der Waals surface area contributed by atoms with Gasteiger partial charge in [0.25, 0.3) is 0 Å². The minimum absolute atomic E-state index is 0.486. The Hall–Kier alpha value is -1.43. The first-order valence-corrected chi connectivity index (χ1v) is 7.11. The first kappa shape index (κ1) is 17.6. The van der Waals surface area contributed by atoms with Crippen molar-refractivity contribution in [1.29, 1.82) is 0 Å². The number of methoxy groups -OCH3 is 1. The zero-order chi connectivity index (χ0) is 15.5. The lowest BCUT2D eigenvalue weighted by Gasteiger charge is -2.09. The number of hydrogen-bond acceptors (Lipinski definition) is 4. The molecule has 0 spiro atoms. The molecule has 0 aromatic heterocycles. The Balaban J connectivity index is 2.17. The predicted molar refractivity (Wildman–Crippen MR) is 79.5 cm³/mol. The molecule has 1 N–H and O–H groups in total. The summed E-state index contributed by atoms with van der Waals surface area (Å²) in [4.78, 5) is 10.9. The van der Waals surface area contributed by atoms with Gasteiger partial charge in [0.1, 0.15) is 0 Å². The van der Waals surface area contributed by atoms with E-state index in [1.165, 1.54) is 0 Å². The van der Waals surface area contributed by atoms with E-state index in [0.717, 1.165) is 17.5 Å². The van der Waals surface area contributed by atoms with E-state index >= 15 is 0 Å². The third kappa shape index (κ3) is 7.22. The molecule has 0 amide bonds. The normalized spacial score (nSPS) is 12.3. The van der Waals surface area contributed by atoms with Crippen molar-refractivity contribution in [3.8, 4) is 0 Å². The molecule has 21 heavy (non-hydrogen) atoms. The smallest absolute Gasteiger partial charge is 0.310 e. The van der Waals surface area contributed by atoms with Crippen molar-refractivity contribution >= 4 is 5.97 Å². The molecule has 5 nitrogen and oxygen atoms in total. The molecule has 118 valence electrons. The van der Waals surface area contributed by atoms with Gasteiger partial charge in [-0.3, -0.25) is 4.79 Å². The molecule has 1 aromatic rings. The Morgan fingerprint density at radius 3 is 2.38 bits per heavy atom. The van der Waals surface area contributed by atoms with E-state index in [-0.39, 0.29) is 0 Å². The number of carboxylic acids is 1. The Labute approximate surface area is 125 Å². The van der Waals surface area contributed by atoms with Gasteiger partial charge < -0.3 is 19.3 Å². The number of carboxylic acid groups (broad SMARTS) is 1. The van der Waals surface area contributed by atoms with Crippen LogP contribution in [-0.4, -0.2) is 44.6 Å².